The van der Waals surface area contributed by atoms with E-state index in [4.69, 9.17) is 11.6 Å². The summed E-state index contributed by atoms with van der Waals surface area (Å²) in [6.45, 7) is 4.19. The largest absolute Gasteiger partial charge is 0.438 e. The molecule has 0 spiro atoms. The maximum absolute atomic E-state index is 14.8. The minimum absolute atomic E-state index is 0.0567. The van der Waals surface area contributed by atoms with Gasteiger partial charge in [-0.05, 0) is 47.7 Å². The van der Waals surface area contributed by atoms with Crippen molar-refractivity contribution >= 4 is 35.0 Å². The van der Waals surface area contributed by atoms with E-state index in [1.54, 1.807) is 79.8 Å². The van der Waals surface area contributed by atoms with Gasteiger partial charge in [-0.2, -0.15) is 13.2 Å². The highest BCUT2D eigenvalue weighted by molar-refractivity contribution is 6.30. The molecular formula is C32H31ClF3N3O4. The van der Waals surface area contributed by atoms with Crippen molar-refractivity contribution in [1.29, 1.82) is 0 Å². The number of nitrogens with zero attached hydrogens (tertiary/aromatic N) is 2. The first-order valence-corrected chi connectivity index (χ1v) is 13.9. The van der Waals surface area contributed by atoms with Crippen LogP contribution in [0.3, 0.4) is 0 Å². The van der Waals surface area contributed by atoms with Gasteiger partial charge in [0, 0.05) is 23.7 Å². The fraction of sp³-hybridized carbons (Fsp3) is 0.281. The molecule has 2 N–H and O–H groups in total. The van der Waals surface area contributed by atoms with Crippen LogP contribution in [0.5, 0.6) is 0 Å². The van der Waals surface area contributed by atoms with Crippen molar-refractivity contribution in [3.63, 3.8) is 0 Å². The molecule has 3 aromatic carbocycles. The first-order chi connectivity index (χ1) is 20.2. The van der Waals surface area contributed by atoms with E-state index in [2.05, 4.69) is 0 Å². The third-order valence-corrected chi connectivity index (χ3v) is 7.45. The standard InChI is InChI=1S/C32H31ClF3N3O4/c1-20(2)28-30(42)39(27(18-22-10-6-4-7-11-22)31(43,32(34,35)36)37-21(3)40)26(23-12-8-5-9-13-23)19-38(28)29(41)24-14-16-25(33)17-15-24/h4-17,19-20,27-28,43H,18H2,1-3H3,(H,37,40). The van der Waals surface area contributed by atoms with E-state index in [0.717, 1.165) is 11.8 Å². The first-order valence-electron chi connectivity index (χ1n) is 13.5. The van der Waals surface area contributed by atoms with Gasteiger partial charge in [-0.3, -0.25) is 19.3 Å². The Kier molecular flexibility index (Phi) is 9.32. The summed E-state index contributed by atoms with van der Waals surface area (Å²) in [6.07, 6.45) is -4.55. The molecule has 0 aromatic heterocycles. The zero-order chi connectivity index (χ0) is 31.5. The third kappa shape index (κ3) is 6.60. The van der Waals surface area contributed by atoms with Crippen molar-refractivity contribution < 1.29 is 32.7 Å². The molecule has 1 aliphatic heterocycles. The molecule has 3 unspecified atom stereocenters. The summed E-state index contributed by atoms with van der Waals surface area (Å²) < 4.78 is 44.5. The number of hydrogen-bond acceptors (Lipinski definition) is 4. The number of aliphatic hydroxyl groups is 1. The van der Waals surface area contributed by atoms with Crippen LogP contribution in [0.2, 0.25) is 5.02 Å². The Bertz CT molecular complexity index is 1500. The Hall–Kier alpha value is -4.15. The van der Waals surface area contributed by atoms with E-state index in [1.807, 2.05) is 0 Å². The molecule has 0 saturated heterocycles. The summed E-state index contributed by atoms with van der Waals surface area (Å²) >= 11 is 6.00. The summed E-state index contributed by atoms with van der Waals surface area (Å²) in [7, 11) is 0. The second kappa shape index (κ2) is 12.6. The zero-order valence-corrected chi connectivity index (χ0v) is 24.4. The molecule has 0 aliphatic carbocycles. The highest BCUT2D eigenvalue weighted by Gasteiger charge is 2.63. The molecule has 0 bridgehead atoms. The van der Waals surface area contributed by atoms with E-state index in [0.29, 0.717) is 16.1 Å². The van der Waals surface area contributed by atoms with E-state index < -0.39 is 54.0 Å². The van der Waals surface area contributed by atoms with Crippen molar-refractivity contribution in [1.82, 2.24) is 15.1 Å². The molecule has 0 saturated carbocycles. The number of carbonyl (C=O) groups is 3. The van der Waals surface area contributed by atoms with E-state index >= 15 is 0 Å². The van der Waals surface area contributed by atoms with Crippen molar-refractivity contribution in [2.75, 3.05) is 0 Å². The highest BCUT2D eigenvalue weighted by atomic mass is 35.5. The van der Waals surface area contributed by atoms with Gasteiger partial charge in [0.25, 0.3) is 17.5 Å². The van der Waals surface area contributed by atoms with Crippen LogP contribution in [0.1, 0.15) is 42.3 Å². The molecule has 3 atom stereocenters. The highest BCUT2D eigenvalue weighted by Crippen LogP contribution is 2.41. The predicted molar refractivity (Wildman–Crippen MR) is 156 cm³/mol. The smallest absolute Gasteiger partial charge is 0.362 e. The third-order valence-electron chi connectivity index (χ3n) is 7.20. The van der Waals surface area contributed by atoms with Gasteiger partial charge in [0.05, 0.1) is 11.7 Å². The number of benzene rings is 3. The van der Waals surface area contributed by atoms with Crippen LogP contribution in [-0.4, -0.2) is 56.6 Å². The lowest BCUT2D eigenvalue weighted by molar-refractivity contribution is -0.287. The predicted octanol–water partition coefficient (Wildman–Crippen LogP) is 5.65. The second-order valence-corrected chi connectivity index (χ2v) is 11.1. The second-order valence-electron chi connectivity index (χ2n) is 10.6. The van der Waals surface area contributed by atoms with Crippen LogP contribution in [0.15, 0.2) is 91.1 Å². The van der Waals surface area contributed by atoms with E-state index in [-0.39, 0.29) is 11.3 Å². The van der Waals surface area contributed by atoms with Crippen molar-refractivity contribution in [3.05, 3.63) is 113 Å². The quantitative estimate of drug-likeness (QED) is 0.322. The minimum Gasteiger partial charge on any atom is -0.362 e. The van der Waals surface area contributed by atoms with Crippen molar-refractivity contribution in [2.45, 2.75) is 51.2 Å². The Morgan fingerprint density at radius 1 is 0.953 bits per heavy atom. The molecule has 11 heteroatoms. The summed E-state index contributed by atoms with van der Waals surface area (Å²) in [4.78, 5) is 42.5. The number of halogens is 4. The maximum Gasteiger partial charge on any atom is 0.438 e. The Morgan fingerprint density at radius 3 is 2.02 bits per heavy atom. The maximum atomic E-state index is 14.8. The molecule has 4 rings (SSSR count). The molecule has 1 heterocycles. The number of amides is 3. The number of rotatable bonds is 8. The van der Waals surface area contributed by atoms with Gasteiger partial charge < -0.3 is 15.3 Å². The molecule has 7 nitrogen and oxygen atoms in total. The monoisotopic (exact) mass is 613 g/mol. The van der Waals surface area contributed by atoms with E-state index in [1.165, 1.54) is 35.4 Å². The van der Waals surface area contributed by atoms with Gasteiger partial charge in [0.2, 0.25) is 5.91 Å². The van der Waals surface area contributed by atoms with Crippen LogP contribution < -0.4 is 5.32 Å². The summed E-state index contributed by atoms with van der Waals surface area (Å²) in [6, 6.07) is 18.9. The SMILES string of the molecule is CC(=O)NC(O)(C(Cc1ccccc1)N1C(=O)C(C(C)C)N(C(=O)c2ccc(Cl)cc2)C=C1c1ccccc1)C(F)(F)F. The Balaban J connectivity index is 2.00. The van der Waals surface area contributed by atoms with Crippen LogP contribution >= 0.6 is 11.6 Å². The van der Waals surface area contributed by atoms with Crippen molar-refractivity contribution in [2.24, 2.45) is 5.92 Å². The van der Waals surface area contributed by atoms with Gasteiger partial charge in [0.15, 0.2) is 0 Å². The van der Waals surface area contributed by atoms with Crippen LogP contribution in [0, 0.1) is 5.92 Å². The van der Waals surface area contributed by atoms with Crippen LogP contribution in [-0.2, 0) is 16.0 Å². The minimum atomic E-state index is -5.40. The average molecular weight is 614 g/mol. The van der Waals surface area contributed by atoms with Gasteiger partial charge in [-0.25, -0.2) is 0 Å². The zero-order valence-electron chi connectivity index (χ0n) is 23.7. The number of carbonyl (C=O) groups excluding carboxylic acids is 3. The number of hydrogen-bond donors (Lipinski definition) is 2. The molecule has 226 valence electrons. The van der Waals surface area contributed by atoms with Crippen LogP contribution in [0.25, 0.3) is 5.70 Å². The molecule has 1 aliphatic rings. The molecule has 3 amide bonds. The fourth-order valence-corrected chi connectivity index (χ4v) is 5.33. The molecule has 0 radical (unpaired) electrons. The molecule has 43 heavy (non-hydrogen) atoms. The van der Waals surface area contributed by atoms with Crippen molar-refractivity contribution in [3.8, 4) is 0 Å². The Morgan fingerprint density at radius 2 is 1.51 bits per heavy atom. The lowest BCUT2D eigenvalue weighted by atomic mass is 9.88. The van der Waals surface area contributed by atoms with Crippen LogP contribution in [0.4, 0.5) is 13.2 Å². The Labute approximate surface area is 252 Å². The summed E-state index contributed by atoms with van der Waals surface area (Å²) in [5.74, 6) is -3.12. The van der Waals surface area contributed by atoms with E-state index in [9.17, 15) is 32.7 Å². The van der Waals surface area contributed by atoms with Gasteiger partial charge >= 0.3 is 6.18 Å². The summed E-state index contributed by atoms with van der Waals surface area (Å²) in [5, 5.41) is 13.5. The number of nitrogens with one attached hydrogen (secondary N) is 1. The topological polar surface area (TPSA) is 89.9 Å². The fourth-order valence-electron chi connectivity index (χ4n) is 5.21. The normalized spacial score (nSPS) is 17.7. The lowest BCUT2D eigenvalue weighted by Gasteiger charge is -2.49. The summed E-state index contributed by atoms with van der Waals surface area (Å²) in [5.41, 5.74) is -3.01. The molecule has 0 fully saturated rings. The lowest BCUT2D eigenvalue weighted by Crippen LogP contribution is -2.72. The molecular weight excluding hydrogens is 583 g/mol. The average Bonchev–Trinajstić information content (AvgIpc) is 2.95. The first kappa shape index (κ1) is 31.8. The molecule has 3 aromatic rings. The van der Waals surface area contributed by atoms with Gasteiger partial charge in [-0.1, -0.05) is 86.1 Å². The van der Waals surface area contributed by atoms with Gasteiger partial charge in [0.1, 0.15) is 6.04 Å². The van der Waals surface area contributed by atoms with Gasteiger partial charge in [-0.15, -0.1) is 0 Å². The number of alkyl halides is 3.